The van der Waals surface area contributed by atoms with Gasteiger partial charge in [-0.25, -0.2) is 0 Å². The summed E-state index contributed by atoms with van der Waals surface area (Å²) in [6.07, 6.45) is 5.16. The molecule has 0 aliphatic carbocycles. The molecular weight excluding hydrogens is 145 g/mol. The van der Waals surface area contributed by atoms with Crippen LogP contribution in [-0.2, 0) is 16.5 Å². The first-order valence-electron chi connectivity index (χ1n) is 3.12. The van der Waals surface area contributed by atoms with Gasteiger partial charge < -0.3 is 5.73 Å². The first-order chi connectivity index (χ1) is 3.41. The monoisotopic (exact) mass is 159 g/mol. The predicted molar refractivity (Wildman–Crippen MR) is 33.2 cm³/mol. The van der Waals surface area contributed by atoms with Gasteiger partial charge in [0.1, 0.15) is 0 Å². The molecule has 0 atom stereocenters. The Morgan fingerprint density at radius 3 is 2.12 bits per heavy atom. The van der Waals surface area contributed by atoms with Crippen molar-refractivity contribution in [3.63, 3.8) is 0 Å². The van der Waals surface area contributed by atoms with Crippen molar-refractivity contribution in [2.45, 2.75) is 32.6 Å². The smallest absolute Gasteiger partial charge is 0 e. The molecule has 8 heavy (non-hydrogen) atoms. The van der Waals surface area contributed by atoms with Crippen LogP contribution in [0.2, 0.25) is 0 Å². The van der Waals surface area contributed by atoms with E-state index in [9.17, 15) is 0 Å². The third-order valence-electron chi connectivity index (χ3n) is 1.06. The maximum Gasteiger partial charge on any atom is 0 e. The number of rotatable bonds is 4. The largest absolute Gasteiger partial charge is 0.330 e. The number of unbranched alkanes of at least 4 members (excludes halogenated alkanes) is 3. The van der Waals surface area contributed by atoms with Crippen LogP contribution in [0.1, 0.15) is 32.6 Å². The molecule has 0 saturated carbocycles. The van der Waals surface area contributed by atoms with Crippen LogP contribution < -0.4 is 5.73 Å². The molecule has 0 heterocycles. The summed E-state index contributed by atoms with van der Waals surface area (Å²) in [6.45, 7) is 3.07. The third kappa shape index (κ3) is 9.68. The van der Waals surface area contributed by atoms with E-state index in [0.717, 1.165) is 6.54 Å². The molecule has 0 rings (SSSR count). The Hall–Kier alpha value is 0.454. The molecule has 1 nitrogen and oxygen atoms in total. The van der Waals surface area contributed by atoms with E-state index in [0.29, 0.717) is 0 Å². The minimum Gasteiger partial charge on any atom is -0.330 e. The minimum atomic E-state index is 0. The summed E-state index contributed by atoms with van der Waals surface area (Å²) in [5, 5.41) is 0. The first kappa shape index (κ1) is 11.3. The predicted octanol–water partition coefficient (Wildman–Crippen LogP) is 1.52. The van der Waals surface area contributed by atoms with Gasteiger partial charge in [-0.2, -0.15) is 0 Å². The van der Waals surface area contributed by atoms with E-state index >= 15 is 0 Å². The van der Waals surface area contributed by atoms with Crippen LogP contribution in [0.3, 0.4) is 0 Å². The van der Waals surface area contributed by atoms with Crippen molar-refractivity contribution in [1.82, 2.24) is 0 Å². The Bertz CT molecular complexity index is 27.7. The fraction of sp³-hybridized carbons (Fsp3) is 1.00. The average Bonchev–Trinajstić information content (AvgIpc) is 1.69. The second-order valence-corrected chi connectivity index (χ2v) is 1.85. The standard InChI is InChI=1S/C6H15N.Ni/c1-2-3-4-5-6-7;/h2-7H2,1H3;. The molecule has 0 spiro atoms. The molecule has 0 radical (unpaired) electrons. The zero-order valence-corrected chi connectivity index (χ0v) is 6.42. The van der Waals surface area contributed by atoms with E-state index in [1.165, 1.54) is 25.7 Å². The quantitative estimate of drug-likeness (QED) is 0.489. The summed E-state index contributed by atoms with van der Waals surface area (Å²) < 4.78 is 0. The van der Waals surface area contributed by atoms with Crippen molar-refractivity contribution >= 4 is 0 Å². The molecule has 54 valence electrons. The molecule has 0 aromatic carbocycles. The fourth-order valence-electron chi connectivity index (χ4n) is 0.571. The molecule has 0 fully saturated rings. The molecular formula is C6H15NNi. The molecule has 0 aromatic rings. The van der Waals surface area contributed by atoms with E-state index in [1.807, 2.05) is 0 Å². The average molecular weight is 160 g/mol. The second kappa shape index (κ2) is 10.4. The Kier molecular flexibility index (Phi) is 14.7. The third-order valence-corrected chi connectivity index (χ3v) is 1.06. The van der Waals surface area contributed by atoms with Crippen molar-refractivity contribution < 1.29 is 16.5 Å². The number of hydrogen-bond acceptors (Lipinski definition) is 1. The van der Waals surface area contributed by atoms with E-state index < -0.39 is 0 Å². The van der Waals surface area contributed by atoms with Crippen LogP contribution in [0.25, 0.3) is 0 Å². The van der Waals surface area contributed by atoms with Crippen LogP contribution >= 0.6 is 0 Å². The van der Waals surface area contributed by atoms with Crippen molar-refractivity contribution in [2.24, 2.45) is 5.73 Å². The van der Waals surface area contributed by atoms with Gasteiger partial charge in [0, 0.05) is 16.5 Å². The van der Waals surface area contributed by atoms with Crippen LogP contribution in [0.15, 0.2) is 0 Å². The van der Waals surface area contributed by atoms with Crippen LogP contribution in [-0.4, -0.2) is 6.54 Å². The zero-order valence-electron chi connectivity index (χ0n) is 5.43. The molecule has 0 unspecified atom stereocenters. The Labute approximate surface area is 62.0 Å². The van der Waals surface area contributed by atoms with E-state index in [-0.39, 0.29) is 16.5 Å². The van der Waals surface area contributed by atoms with Crippen molar-refractivity contribution in [3.05, 3.63) is 0 Å². The van der Waals surface area contributed by atoms with Gasteiger partial charge in [0.05, 0.1) is 0 Å². The zero-order chi connectivity index (χ0) is 5.54. The maximum absolute atomic E-state index is 5.27. The summed E-state index contributed by atoms with van der Waals surface area (Å²) in [5.74, 6) is 0. The van der Waals surface area contributed by atoms with Gasteiger partial charge in [0.25, 0.3) is 0 Å². The van der Waals surface area contributed by atoms with Gasteiger partial charge in [-0.1, -0.05) is 26.2 Å². The Morgan fingerprint density at radius 1 is 1.12 bits per heavy atom. The first-order valence-corrected chi connectivity index (χ1v) is 3.12. The summed E-state index contributed by atoms with van der Waals surface area (Å²) in [5.41, 5.74) is 5.27. The van der Waals surface area contributed by atoms with Crippen LogP contribution in [0.4, 0.5) is 0 Å². The van der Waals surface area contributed by atoms with Gasteiger partial charge in [0.2, 0.25) is 0 Å². The minimum absolute atomic E-state index is 0. The van der Waals surface area contributed by atoms with Crippen LogP contribution in [0, 0.1) is 0 Å². The fourth-order valence-corrected chi connectivity index (χ4v) is 0.571. The summed E-state index contributed by atoms with van der Waals surface area (Å²) >= 11 is 0. The topological polar surface area (TPSA) is 26.0 Å². The number of hydrogen-bond donors (Lipinski definition) is 1. The van der Waals surface area contributed by atoms with E-state index in [4.69, 9.17) is 5.73 Å². The van der Waals surface area contributed by atoms with E-state index in [2.05, 4.69) is 6.92 Å². The van der Waals surface area contributed by atoms with Crippen molar-refractivity contribution in [1.29, 1.82) is 0 Å². The van der Waals surface area contributed by atoms with Gasteiger partial charge >= 0.3 is 0 Å². The molecule has 0 bridgehead atoms. The van der Waals surface area contributed by atoms with Crippen molar-refractivity contribution in [3.8, 4) is 0 Å². The van der Waals surface area contributed by atoms with Crippen LogP contribution in [0.5, 0.6) is 0 Å². The maximum atomic E-state index is 5.27. The SMILES string of the molecule is CCCCCCN.[Ni]. The molecule has 0 aromatic heterocycles. The van der Waals surface area contributed by atoms with Crippen molar-refractivity contribution in [2.75, 3.05) is 6.54 Å². The van der Waals surface area contributed by atoms with E-state index in [1.54, 1.807) is 0 Å². The summed E-state index contributed by atoms with van der Waals surface area (Å²) in [7, 11) is 0. The molecule has 2 N–H and O–H groups in total. The molecule has 0 amide bonds. The summed E-state index contributed by atoms with van der Waals surface area (Å²) in [6, 6.07) is 0. The Morgan fingerprint density at radius 2 is 1.75 bits per heavy atom. The summed E-state index contributed by atoms with van der Waals surface area (Å²) in [4.78, 5) is 0. The molecule has 2 heteroatoms. The molecule has 0 saturated heterocycles. The van der Waals surface area contributed by atoms with Gasteiger partial charge in [0.15, 0.2) is 0 Å². The van der Waals surface area contributed by atoms with Gasteiger partial charge in [-0.15, -0.1) is 0 Å². The number of nitrogens with two attached hydrogens (primary N) is 1. The molecule has 0 aliphatic heterocycles. The second-order valence-electron chi connectivity index (χ2n) is 1.85. The Balaban J connectivity index is 0. The molecule has 0 aliphatic rings. The van der Waals surface area contributed by atoms with Gasteiger partial charge in [-0.3, -0.25) is 0 Å². The van der Waals surface area contributed by atoms with Gasteiger partial charge in [-0.05, 0) is 13.0 Å². The normalized spacial score (nSPS) is 8.25.